The van der Waals surface area contributed by atoms with E-state index >= 15 is 0 Å². The van der Waals surface area contributed by atoms with Gasteiger partial charge in [-0.15, -0.1) is 0 Å². The minimum Gasteiger partial charge on any atom is -0.373 e. The summed E-state index contributed by atoms with van der Waals surface area (Å²) in [6.45, 7) is 7.09. The summed E-state index contributed by atoms with van der Waals surface area (Å²) in [6, 6.07) is 3.94. The zero-order valence-corrected chi connectivity index (χ0v) is 10.4. The number of hydrogen-bond acceptors (Lipinski definition) is 5. The first-order valence-corrected chi connectivity index (χ1v) is 5.96. The van der Waals surface area contributed by atoms with Gasteiger partial charge in [-0.3, -0.25) is 4.90 Å². The average molecular weight is 236 g/mol. The van der Waals surface area contributed by atoms with Crippen LogP contribution in [0.25, 0.3) is 0 Å². The second-order valence-electron chi connectivity index (χ2n) is 4.65. The van der Waals surface area contributed by atoms with Gasteiger partial charge in [0.05, 0.1) is 12.2 Å². The van der Waals surface area contributed by atoms with Crippen LogP contribution in [0.3, 0.4) is 0 Å². The van der Waals surface area contributed by atoms with Crippen molar-refractivity contribution in [3.63, 3.8) is 0 Å². The number of pyridine rings is 1. The quantitative estimate of drug-likeness (QED) is 0.605. The Morgan fingerprint density at radius 3 is 2.65 bits per heavy atom. The van der Waals surface area contributed by atoms with Crippen molar-refractivity contribution in [1.29, 1.82) is 0 Å². The highest BCUT2D eigenvalue weighted by Gasteiger charge is 2.21. The highest BCUT2D eigenvalue weighted by molar-refractivity contribution is 5.33. The lowest BCUT2D eigenvalue weighted by molar-refractivity contribution is -0.0705. The van der Waals surface area contributed by atoms with Gasteiger partial charge in [-0.2, -0.15) is 0 Å². The molecule has 94 valence electrons. The molecule has 0 aliphatic carbocycles. The van der Waals surface area contributed by atoms with E-state index in [4.69, 9.17) is 10.6 Å². The Morgan fingerprint density at radius 2 is 2.12 bits per heavy atom. The Morgan fingerprint density at radius 1 is 1.41 bits per heavy atom. The fraction of sp³-hybridized carbons (Fsp3) is 0.583. The smallest absolute Gasteiger partial charge is 0.139 e. The molecule has 0 bridgehead atoms. The number of hydrogen-bond donors (Lipinski definition) is 2. The van der Waals surface area contributed by atoms with Gasteiger partial charge in [0.1, 0.15) is 5.82 Å². The normalized spacial score (nSPS) is 25.8. The molecular formula is C12H20N4O. The first kappa shape index (κ1) is 12.3. The van der Waals surface area contributed by atoms with Gasteiger partial charge in [-0.25, -0.2) is 10.8 Å². The van der Waals surface area contributed by atoms with Crippen LogP contribution in [0.4, 0.5) is 5.82 Å². The summed E-state index contributed by atoms with van der Waals surface area (Å²) in [6.07, 6.45) is 2.47. The molecule has 2 rings (SSSR count). The topological polar surface area (TPSA) is 63.4 Å². The highest BCUT2D eigenvalue weighted by atomic mass is 16.5. The molecule has 0 saturated carbocycles. The van der Waals surface area contributed by atoms with E-state index in [-0.39, 0.29) is 0 Å². The number of nitrogen functional groups attached to an aromatic ring is 1. The van der Waals surface area contributed by atoms with E-state index < -0.39 is 0 Å². The van der Waals surface area contributed by atoms with Crippen LogP contribution in [0, 0.1) is 0 Å². The van der Waals surface area contributed by atoms with Crippen molar-refractivity contribution in [1.82, 2.24) is 9.88 Å². The average Bonchev–Trinajstić information content (AvgIpc) is 2.28. The number of nitrogens with one attached hydrogen (secondary N) is 1. The Labute approximate surface area is 102 Å². The largest absolute Gasteiger partial charge is 0.373 e. The van der Waals surface area contributed by atoms with Crippen LogP contribution in [-0.4, -0.2) is 35.2 Å². The highest BCUT2D eigenvalue weighted by Crippen LogP contribution is 2.14. The van der Waals surface area contributed by atoms with Crippen molar-refractivity contribution in [3.8, 4) is 0 Å². The molecule has 0 aromatic carbocycles. The molecule has 0 spiro atoms. The zero-order valence-electron chi connectivity index (χ0n) is 10.4. The predicted molar refractivity (Wildman–Crippen MR) is 67.3 cm³/mol. The molecule has 0 radical (unpaired) electrons. The van der Waals surface area contributed by atoms with Gasteiger partial charge < -0.3 is 10.2 Å². The molecule has 1 aliphatic heterocycles. The van der Waals surface area contributed by atoms with Crippen molar-refractivity contribution in [2.45, 2.75) is 32.6 Å². The molecule has 5 nitrogen and oxygen atoms in total. The monoisotopic (exact) mass is 236 g/mol. The first-order valence-electron chi connectivity index (χ1n) is 5.96. The van der Waals surface area contributed by atoms with Gasteiger partial charge in [0, 0.05) is 25.8 Å². The van der Waals surface area contributed by atoms with Crippen LogP contribution in [0.15, 0.2) is 18.3 Å². The second kappa shape index (κ2) is 5.44. The molecule has 3 N–H and O–H groups in total. The zero-order chi connectivity index (χ0) is 12.3. The van der Waals surface area contributed by atoms with Gasteiger partial charge in [-0.05, 0) is 25.5 Å². The summed E-state index contributed by atoms with van der Waals surface area (Å²) in [5.41, 5.74) is 3.73. The molecular weight excluding hydrogens is 216 g/mol. The lowest BCUT2D eigenvalue weighted by Crippen LogP contribution is -2.44. The Bertz CT molecular complexity index is 344. The third kappa shape index (κ3) is 3.39. The standard InChI is InChI=1S/C12H20N4O/c1-9-6-16(7-10(2)17-9)8-11-3-4-12(15-13)14-5-11/h3-5,9-10H,6-8,13H2,1-2H3,(H,14,15). The first-order chi connectivity index (χ1) is 8.17. The molecule has 0 amide bonds. The molecule has 1 aromatic heterocycles. The van der Waals surface area contributed by atoms with Crippen LogP contribution in [-0.2, 0) is 11.3 Å². The van der Waals surface area contributed by atoms with Gasteiger partial charge in [0.15, 0.2) is 0 Å². The number of morpholine rings is 1. The molecule has 1 aromatic rings. The number of rotatable bonds is 3. The van der Waals surface area contributed by atoms with Crippen molar-refractivity contribution < 1.29 is 4.74 Å². The molecule has 1 fully saturated rings. The van der Waals surface area contributed by atoms with Crippen LogP contribution in [0.1, 0.15) is 19.4 Å². The SMILES string of the molecule is CC1CN(Cc2ccc(NN)nc2)CC(C)O1. The van der Waals surface area contributed by atoms with Crippen molar-refractivity contribution >= 4 is 5.82 Å². The predicted octanol–water partition coefficient (Wildman–Crippen LogP) is 0.976. The molecule has 2 atom stereocenters. The van der Waals surface area contributed by atoms with E-state index in [0.717, 1.165) is 19.6 Å². The molecule has 17 heavy (non-hydrogen) atoms. The van der Waals surface area contributed by atoms with E-state index in [1.54, 1.807) is 0 Å². The molecule has 2 unspecified atom stereocenters. The number of nitrogens with zero attached hydrogens (tertiary/aromatic N) is 2. The second-order valence-corrected chi connectivity index (χ2v) is 4.65. The number of anilines is 1. The fourth-order valence-corrected chi connectivity index (χ4v) is 2.28. The Hall–Kier alpha value is -1.17. The maximum Gasteiger partial charge on any atom is 0.139 e. The molecule has 5 heteroatoms. The summed E-state index contributed by atoms with van der Waals surface area (Å²) in [5, 5.41) is 0. The molecule has 1 aliphatic rings. The summed E-state index contributed by atoms with van der Waals surface area (Å²) in [4.78, 5) is 6.60. The van der Waals surface area contributed by atoms with Gasteiger partial charge in [-0.1, -0.05) is 6.07 Å². The van der Waals surface area contributed by atoms with Gasteiger partial charge in [0.2, 0.25) is 0 Å². The van der Waals surface area contributed by atoms with Crippen LogP contribution in [0.5, 0.6) is 0 Å². The number of aromatic nitrogens is 1. The van der Waals surface area contributed by atoms with Crippen molar-refractivity contribution in [2.24, 2.45) is 5.84 Å². The van der Waals surface area contributed by atoms with Crippen LogP contribution < -0.4 is 11.3 Å². The van der Waals surface area contributed by atoms with Gasteiger partial charge >= 0.3 is 0 Å². The lowest BCUT2D eigenvalue weighted by Gasteiger charge is -2.35. The van der Waals surface area contributed by atoms with Crippen LogP contribution >= 0.6 is 0 Å². The number of ether oxygens (including phenoxy) is 1. The van der Waals surface area contributed by atoms with E-state index in [2.05, 4.69) is 29.2 Å². The van der Waals surface area contributed by atoms with Gasteiger partial charge in [0.25, 0.3) is 0 Å². The Kier molecular flexibility index (Phi) is 3.93. The minimum atomic E-state index is 0.302. The molecule has 2 heterocycles. The Balaban J connectivity index is 1.95. The minimum absolute atomic E-state index is 0.302. The summed E-state index contributed by atoms with van der Waals surface area (Å²) >= 11 is 0. The van der Waals surface area contributed by atoms with E-state index in [0.29, 0.717) is 18.0 Å². The summed E-state index contributed by atoms with van der Waals surface area (Å²) in [5.74, 6) is 5.97. The van der Waals surface area contributed by atoms with Crippen molar-refractivity contribution in [2.75, 3.05) is 18.5 Å². The van der Waals surface area contributed by atoms with Crippen LogP contribution in [0.2, 0.25) is 0 Å². The number of hydrazine groups is 1. The number of nitrogens with two attached hydrogens (primary N) is 1. The maximum absolute atomic E-state index is 5.71. The fourth-order valence-electron chi connectivity index (χ4n) is 2.28. The third-order valence-corrected chi connectivity index (χ3v) is 2.87. The summed E-state index contributed by atoms with van der Waals surface area (Å²) < 4.78 is 5.71. The van der Waals surface area contributed by atoms with E-state index in [1.807, 2.05) is 18.3 Å². The lowest BCUT2D eigenvalue weighted by atomic mass is 10.2. The molecule has 1 saturated heterocycles. The van der Waals surface area contributed by atoms with E-state index in [9.17, 15) is 0 Å². The third-order valence-electron chi connectivity index (χ3n) is 2.87. The summed E-state index contributed by atoms with van der Waals surface area (Å²) in [7, 11) is 0. The van der Waals surface area contributed by atoms with Crippen molar-refractivity contribution in [3.05, 3.63) is 23.9 Å². The maximum atomic E-state index is 5.71. The van der Waals surface area contributed by atoms with E-state index in [1.165, 1.54) is 5.56 Å².